The van der Waals surface area contributed by atoms with Crippen LogP contribution >= 0.6 is 0 Å². The van der Waals surface area contributed by atoms with Gasteiger partial charge in [0.25, 0.3) is 11.8 Å². The highest BCUT2D eigenvalue weighted by atomic mass is 16.2. The molecule has 0 spiro atoms. The van der Waals surface area contributed by atoms with Gasteiger partial charge in [-0.05, 0) is 59.2 Å². The molecule has 0 aromatic heterocycles. The summed E-state index contributed by atoms with van der Waals surface area (Å²) < 4.78 is 0. The van der Waals surface area contributed by atoms with Crippen molar-refractivity contribution in [2.75, 3.05) is 0 Å². The van der Waals surface area contributed by atoms with E-state index in [9.17, 15) is 14.4 Å². The summed E-state index contributed by atoms with van der Waals surface area (Å²) in [7, 11) is 0. The van der Waals surface area contributed by atoms with E-state index in [-0.39, 0.29) is 5.57 Å². The lowest BCUT2D eigenvalue weighted by atomic mass is 9.99. The molecule has 3 aliphatic rings. The Labute approximate surface area is 146 Å². The molecule has 0 aromatic carbocycles. The minimum atomic E-state index is -0.792. The average molecular weight is 336 g/mol. The molecule has 1 fully saturated rings. The van der Waals surface area contributed by atoms with Crippen LogP contribution in [0, 0.1) is 13.8 Å². The van der Waals surface area contributed by atoms with Gasteiger partial charge in [-0.3, -0.25) is 20.2 Å². The zero-order valence-corrected chi connectivity index (χ0v) is 14.7. The summed E-state index contributed by atoms with van der Waals surface area (Å²) in [4.78, 5) is 35.2. The van der Waals surface area contributed by atoms with Gasteiger partial charge >= 0.3 is 6.03 Å². The summed E-state index contributed by atoms with van der Waals surface area (Å²) in [5, 5.41) is 4.20. The zero-order valence-electron chi connectivity index (χ0n) is 14.7. The predicted molar refractivity (Wildman–Crippen MR) is 96.3 cm³/mol. The van der Waals surface area contributed by atoms with Crippen molar-refractivity contribution in [3.63, 3.8) is 0 Å². The highest BCUT2D eigenvalue weighted by molar-refractivity contribution is 6.31. The van der Waals surface area contributed by atoms with E-state index >= 15 is 0 Å². The first-order valence-electron chi connectivity index (χ1n) is 8.20. The van der Waals surface area contributed by atoms with E-state index in [0.717, 1.165) is 27.8 Å². The van der Waals surface area contributed by atoms with Crippen molar-refractivity contribution in [3.8, 4) is 11.1 Å². The third-order valence-corrected chi connectivity index (χ3v) is 4.50. The molecule has 0 bridgehead atoms. The lowest BCUT2D eigenvalue weighted by Crippen LogP contribution is -2.51. The van der Waals surface area contributed by atoms with E-state index in [2.05, 4.69) is 42.7 Å². The molecule has 0 aromatic rings. The van der Waals surface area contributed by atoms with Crippen molar-refractivity contribution in [1.82, 2.24) is 10.6 Å². The number of nitrogens with one attached hydrogen (secondary N) is 2. The fraction of sp³-hybridized carbons (Fsp3) is 0.250. The van der Waals surface area contributed by atoms with E-state index in [1.807, 2.05) is 19.9 Å². The number of amides is 4. The van der Waals surface area contributed by atoms with Gasteiger partial charge in [0.15, 0.2) is 0 Å². The summed E-state index contributed by atoms with van der Waals surface area (Å²) in [5.74, 6) is -0.963. The smallest absolute Gasteiger partial charge is 0.273 e. The summed E-state index contributed by atoms with van der Waals surface area (Å²) in [6.07, 6.45) is 1.55. The molecule has 1 saturated heterocycles. The van der Waals surface area contributed by atoms with Crippen LogP contribution in [0.2, 0.25) is 0 Å². The number of barbiturate groups is 1. The van der Waals surface area contributed by atoms with Gasteiger partial charge < -0.3 is 0 Å². The molecule has 0 saturated carbocycles. The number of imide groups is 2. The molecule has 2 aliphatic carbocycles. The molecule has 25 heavy (non-hydrogen) atoms. The van der Waals surface area contributed by atoms with Crippen LogP contribution < -0.4 is 10.6 Å². The number of urea groups is 1. The molecule has 4 amide bonds. The van der Waals surface area contributed by atoms with Crippen molar-refractivity contribution in [1.29, 1.82) is 0 Å². The predicted octanol–water partition coefficient (Wildman–Crippen LogP) is 3.28. The van der Waals surface area contributed by atoms with Crippen LogP contribution in [0.4, 0.5) is 4.79 Å². The van der Waals surface area contributed by atoms with Crippen LogP contribution in [0.25, 0.3) is 17.2 Å². The number of hydrogen-bond acceptors (Lipinski definition) is 3. The number of fused-ring (bicyclic) bond motifs is 1. The van der Waals surface area contributed by atoms with E-state index in [4.69, 9.17) is 0 Å². The van der Waals surface area contributed by atoms with Gasteiger partial charge in [-0.2, -0.15) is 0 Å². The third-order valence-electron chi connectivity index (χ3n) is 4.50. The maximum atomic E-state index is 12.0. The molecule has 5 nitrogen and oxygen atoms in total. The maximum absolute atomic E-state index is 12.0. The van der Waals surface area contributed by atoms with Gasteiger partial charge in [-0.15, -0.1) is 0 Å². The zero-order chi connectivity index (χ0) is 18.3. The van der Waals surface area contributed by atoms with Crippen LogP contribution in [0.1, 0.15) is 42.0 Å². The van der Waals surface area contributed by atoms with Gasteiger partial charge in [0, 0.05) is 0 Å². The second-order valence-electron chi connectivity index (χ2n) is 6.68. The molecular formula is C20H20N2O3. The summed E-state index contributed by atoms with van der Waals surface area (Å²) in [6, 6.07) is 7.50. The summed E-state index contributed by atoms with van der Waals surface area (Å²) >= 11 is 0. The first-order chi connectivity index (χ1) is 11.8. The molecular weight excluding hydrogens is 316 g/mol. The minimum Gasteiger partial charge on any atom is -0.273 e. The molecule has 128 valence electrons. The van der Waals surface area contributed by atoms with Crippen molar-refractivity contribution in [2.24, 2.45) is 0 Å². The Kier molecular flexibility index (Phi) is 4.17. The van der Waals surface area contributed by atoms with Gasteiger partial charge in [-0.25, -0.2) is 4.79 Å². The number of carbonyl (C=O) groups is 3. The van der Waals surface area contributed by atoms with E-state index in [1.165, 1.54) is 5.56 Å². The highest BCUT2D eigenvalue weighted by Crippen LogP contribution is 2.37. The highest BCUT2D eigenvalue weighted by Gasteiger charge is 2.28. The Bertz CT molecular complexity index is 888. The molecule has 5 heteroatoms. The molecule has 1 aliphatic heterocycles. The minimum absolute atomic E-state index is 0.0681. The lowest BCUT2D eigenvalue weighted by Gasteiger charge is -2.14. The Morgan fingerprint density at radius 3 is 2.16 bits per heavy atom. The maximum Gasteiger partial charge on any atom is 0.328 e. The Morgan fingerprint density at radius 2 is 1.56 bits per heavy atom. The van der Waals surface area contributed by atoms with E-state index in [0.29, 0.717) is 5.92 Å². The monoisotopic (exact) mass is 336 g/mol. The summed E-state index contributed by atoms with van der Waals surface area (Å²) in [5.41, 5.74) is 6.21. The number of aryl methyl sites for hydroxylation is 2. The van der Waals surface area contributed by atoms with Gasteiger partial charge in [0.05, 0.1) is 0 Å². The van der Waals surface area contributed by atoms with Crippen LogP contribution in [0.3, 0.4) is 0 Å². The van der Waals surface area contributed by atoms with E-state index < -0.39 is 17.8 Å². The average Bonchev–Trinajstić information content (AvgIpc) is 2.70. The topological polar surface area (TPSA) is 75.3 Å². The molecule has 0 unspecified atom stereocenters. The number of rotatable bonds is 2. The van der Waals surface area contributed by atoms with Gasteiger partial charge in [-0.1, -0.05) is 38.1 Å². The quantitative estimate of drug-likeness (QED) is 0.653. The van der Waals surface area contributed by atoms with Gasteiger partial charge in [0.2, 0.25) is 0 Å². The Balaban J connectivity index is 2.17. The molecule has 0 radical (unpaired) electrons. The fourth-order valence-corrected chi connectivity index (χ4v) is 3.12. The van der Waals surface area contributed by atoms with Crippen LogP contribution in [-0.4, -0.2) is 17.8 Å². The molecule has 0 atom stereocenters. The van der Waals surface area contributed by atoms with Gasteiger partial charge in [0.1, 0.15) is 5.57 Å². The molecule has 3 rings (SSSR count). The van der Waals surface area contributed by atoms with E-state index in [1.54, 1.807) is 6.08 Å². The normalized spacial score (nSPS) is 14.8. The van der Waals surface area contributed by atoms with Crippen molar-refractivity contribution < 1.29 is 14.4 Å². The first-order valence-corrected chi connectivity index (χ1v) is 8.20. The number of carbonyl (C=O) groups excluding carboxylic acids is 3. The largest absolute Gasteiger partial charge is 0.328 e. The second kappa shape index (κ2) is 6.16. The van der Waals surface area contributed by atoms with Crippen molar-refractivity contribution in [3.05, 3.63) is 52.1 Å². The SMILES string of the molecule is Cc1cc(C=C2C(=O)NC(=O)NC2=O)c2c(C)ccc(C(C)C)cc1-2. The fourth-order valence-electron chi connectivity index (χ4n) is 3.12. The molecule has 2 N–H and O–H groups in total. The summed E-state index contributed by atoms with van der Waals surface area (Å²) in [6.45, 7) is 8.31. The van der Waals surface area contributed by atoms with Crippen LogP contribution in [0.15, 0.2) is 29.8 Å². The van der Waals surface area contributed by atoms with Crippen molar-refractivity contribution >= 4 is 23.9 Å². The first kappa shape index (κ1) is 16.9. The standard InChI is InChI=1S/C20H20N2O3/c1-10(2)13-6-5-11(3)17-14(7-12(4)15(17)8-13)9-16-18(23)21-20(25)22-19(16)24/h5-10H,1-4H3,(H2,21,22,23,24,25). The number of hydrogen-bond donors (Lipinski definition) is 2. The lowest BCUT2D eigenvalue weighted by molar-refractivity contribution is -0.123. The Hall–Kier alpha value is -2.95. The Morgan fingerprint density at radius 1 is 0.920 bits per heavy atom. The molecule has 1 heterocycles. The van der Waals surface area contributed by atoms with Crippen LogP contribution in [0.5, 0.6) is 0 Å². The van der Waals surface area contributed by atoms with Crippen LogP contribution in [-0.2, 0) is 9.59 Å². The van der Waals surface area contributed by atoms with Crippen molar-refractivity contribution in [2.45, 2.75) is 33.6 Å². The third kappa shape index (κ3) is 3.05. The second-order valence-corrected chi connectivity index (χ2v) is 6.68.